The molecule has 49 heavy (non-hydrogen) atoms. The molecule has 2 aromatic carbocycles. The molecule has 1 N–H and O–H groups in total. The third-order valence-corrected chi connectivity index (χ3v) is 9.71. The summed E-state index contributed by atoms with van der Waals surface area (Å²) in [6.07, 6.45) is 2.66. The lowest BCUT2D eigenvalue weighted by atomic mass is 9.97. The third-order valence-electron chi connectivity index (χ3n) is 7.60. The van der Waals surface area contributed by atoms with Crippen molar-refractivity contribution in [2.75, 3.05) is 6.73 Å². The summed E-state index contributed by atoms with van der Waals surface area (Å²) in [7, 11) is -4.38. The Morgan fingerprint density at radius 2 is 1.55 bits per heavy atom. The number of carbonyl (C=O) groups excluding carboxylic acids is 3. The van der Waals surface area contributed by atoms with Gasteiger partial charge in [-0.25, -0.2) is 22.2 Å². The van der Waals surface area contributed by atoms with E-state index in [9.17, 15) is 22.8 Å². The first-order valence-corrected chi connectivity index (χ1v) is 17.3. The molecule has 1 unspecified atom stereocenters. The number of aromatic nitrogens is 2. The maximum absolute atomic E-state index is 16.3. The van der Waals surface area contributed by atoms with Crippen molar-refractivity contribution < 1.29 is 41.1 Å². The predicted octanol–water partition coefficient (Wildman–Crippen LogP) is 7.33. The molecule has 0 radical (unpaired) electrons. The van der Waals surface area contributed by atoms with Crippen LogP contribution in [0.2, 0.25) is 5.02 Å². The van der Waals surface area contributed by atoms with Crippen LogP contribution in [0.15, 0.2) is 54.9 Å². The van der Waals surface area contributed by atoms with Gasteiger partial charge in [0.25, 0.3) is 0 Å². The topological polar surface area (TPSA) is 134 Å². The van der Waals surface area contributed by atoms with Crippen LogP contribution in [0.25, 0.3) is 22.2 Å². The van der Waals surface area contributed by atoms with Crippen LogP contribution in [0.5, 0.6) is 0 Å². The molecule has 0 aliphatic rings. The van der Waals surface area contributed by atoms with E-state index in [1.54, 1.807) is 71.9 Å². The minimum atomic E-state index is -4.38. The molecular formula is C35H38ClF2N3O7S. The van der Waals surface area contributed by atoms with Gasteiger partial charge in [0, 0.05) is 33.9 Å². The second-order valence-corrected chi connectivity index (χ2v) is 15.9. The van der Waals surface area contributed by atoms with Crippen LogP contribution in [0.4, 0.5) is 8.78 Å². The van der Waals surface area contributed by atoms with Gasteiger partial charge in [-0.2, -0.15) is 4.72 Å². The van der Waals surface area contributed by atoms with Gasteiger partial charge in [0.15, 0.2) is 13.5 Å². The average molecular weight is 718 g/mol. The van der Waals surface area contributed by atoms with E-state index < -0.39 is 73.3 Å². The number of benzene rings is 2. The Morgan fingerprint density at radius 1 is 0.939 bits per heavy atom. The molecular weight excluding hydrogens is 680 g/mol. The minimum Gasteiger partial charge on any atom is -0.448 e. The van der Waals surface area contributed by atoms with Gasteiger partial charge in [0.2, 0.25) is 15.8 Å². The predicted molar refractivity (Wildman–Crippen MR) is 181 cm³/mol. The standard InChI is InChI=1S/C35H38ClF2N3O7S/c1-8-27(49(45,46)40-18-47-32(43)34(2,3)4)23-13-14-26(37)28(29(23)38)30(42)25-17-41(19-48-33(44)35(5,6)7)31-24(25)15-21(16-39-31)20-9-11-22(36)12-10-20/h9-17,27,40H,8,18-19H2,1-7H3. The fourth-order valence-corrected chi connectivity index (χ4v) is 6.36. The maximum Gasteiger partial charge on any atom is 0.312 e. The van der Waals surface area contributed by atoms with Crippen LogP contribution in [0.1, 0.15) is 81.6 Å². The van der Waals surface area contributed by atoms with Crippen molar-refractivity contribution in [1.82, 2.24) is 14.3 Å². The normalized spacial score (nSPS) is 12.9. The minimum absolute atomic E-state index is 0.161. The first-order chi connectivity index (χ1) is 22.8. The van der Waals surface area contributed by atoms with Crippen LogP contribution < -0.4 is 4.72 Å². The van der Waals surface area contributed by atoms with Crippen LogP contribution >= 0.6 is 11.6 Å². The maximum atomic E-state index is 16.3. The molecule has 0 saturated heterocycles. The molecule has 4 aromatic rings. The number of pyridine rings is 1. The number of rotatable bonds is 11. The molecule has 14 heteroatoms. The highest BCUT2D eigenvalue weighted by Gasteiger charge is 2.34. The SMILES string of the molecule is CCC(c1ccc(F)c(C(=O)c2cn(COC(=O)C(C)(C)C)c3ncc(-c4ccc(Cl)cc4)cc23)c1F)S(=O)(=O)NCOC(=O)C(C)(C)C. The summed E-state index contributed by atoms with van der Waals surface area (Å²) in [4.78, 5) is 43.2. The number of carbonyl (C=O) groups is 3. The summed E-state index contributed by atoms with van der Waals surface area (Å²) in [6, 6.07) is 10.2. The van der Waals surface area contributed by atoms with Gasteiger partial charge in [0.1, 0.15) is 22.5 Å². The lowest BCUT2D eigenvalue weighted by Crippen LogP contribution is -2.34. The van der Waals surface area contributed by atoms with Gasteiger partial charge >= 0.3 is 11.9 Å². The monoisotopic (exact) mass is 717 g/mol. The van der Waals surface area contributed by atoms with Crippen LogP contribution in [0, 0.1) is 22.5 Å². The van der Waals surface area contributed by atoms with Crippen molar-refractivity contribution in [2.24, 2.45) is 10.8 Å². The summed E-state index contributed by atoms with van der Waals surface area (Å²) in [5, 5.41) is -0.861. The smallest absolute Gasteiger partial charge is 0.312 e. The highest BCUT2D eigenvalue weighted by atomic mass is 35.5. The Balaban J connectivity index is 1.79. The average Bonchev–Trinajstić information content (AvgIpc) is 3.38. The lowest BCUT2D eigenvalue weighted by Gasteiger charge is -2.20. The van der Waals surface area contributed by atoms with Crippen molar-refractivity contribution in [1.29, 1.82) is 0 Å². The second kappa shape index (κ2) is 14.3. The fraction of sp³-hybridized carbons (Fsp3) is 0.371. The van der Waals surface area contributed by atoms with Crippen molar-refractivity contribution in [3.05, 3.63) is 88.2 Å². The number of nitrogens with zero attached hydrogens (tertiary/aromatic N) is 2. The number of nitrogens with one attached hydrogen (secondary N) is 1. The Kier molecular flexibility index (Phi) is 11.0. The number of hydrogen-bond donors (Lipinski definition) is 1. The van der Waals surface area contributed by atoms with Crippen LogP contribution in [0.3, 0.4) is 0 Å². The number of sulfonamides is 1. The van der Waals surface area contributed by atoms with Crippen molar-refractivity contribution in [2.45, 2.75) is 66.9 Å². The van der Waals surface area contributed by atoms with E-state index in [0.717, 1.165) is 12.1 Å². The van der Waals surface area contributed by atoms with E-state index in [4.69, 9.17) is 21.1 Å². The lowest BCUT2D eigenvalue weighted by molar-refractivity contribution is -0.156. The van der Waals surface area contributed by atoms with Gasteiger partial charge in [-0.15, -0.1) is 0 Å². The number of ketones is 1. The zero-order valence-electron chi connectivity index (χ0n) is 28.2. The molecule has 10 nitrogen and oxygen atoms in total. The Bertz CT molecular complexity index is 2020. The molecule has 0 bridgehead atoms. The van der Waals surface area contributed by atoms with Gasteiger partial charge < -0.3 is 9.47 Å². The first-order valence-electron chi connectivity index (χ1n) is 15.4. The summed E-state index contributed by atoms with van der Waals surface area (Å²) in [5.74, 6) is -4.86. The summed E-state index contributed by atoms with van der Waals surface area (Å²) < 4.78 is 72.1. The number of esters is 2. The molecule has 4 rings (SSSR count). The molecule has 0 amide bonds. The number of ether oxygens (including phenoxy) is 2. The molecule has 2 aromatic heterocycles. The van der Waals surface area contributed by atoms with Gasteiger partial charge in [-0.3, -0.25) is 19.0 Å². The van der Waals surface area contributed by atoms with Gasteiger partial charge in [0.05, 0.1) is 22.0 Å². The van der Waals surface area contributed by atoms with E-state index in [2.05, 4.69) is 9.71 Å². The number of halogens is 3. The van der Waals surface area contributed by atoms with Gasteiger partial charge in [-0.05, 0) is 77.8 Å². The fourth-order valence-electron chi connectivity index (χ4n) is 4.86. The van der Waals surface area contributed by atoms with Crippen LogP contribution in [-0.4, -0.2) is 42.4 Å². The first kappa shape index (κ1) is 37.6. The molecule has 0 aliphatic heterocycles. The zero-order chi connectivity index (χ0) is 36.5. The zero-order valence-corrected chi connectivity index (χ0v) is 29.8. The Labute approximate surface area is 288 Å². The molecule has 0 aliphatic carbocycles. The quantitative estimate of drug-likeness (QED) is 0.0969. The summed E-state index contributed by atoms with van der Waals surface area (Å²) >= 11 is 6.04. The van der Waals surface area contributed by atoms with Crippen LogP contribution in [-0.2, 0) is 35.8 Å². The second-order valence-electron chi connectivity index (χ2n) is 13.5. The van der Waals surface area contributed by atoms with E-state index >= 15 is 8.78 Å². The highest BCUT2D eigenvalue weighted by Crippen LogP contribution is 2.34. The van der Waals surface area contributed by atoms with Crippen molar-refractivity contribution in [3.63, 3.8) is 0 Å². The van der Waals surface area contributed by atoms with Gasteiger partial charge in [-0.1, -0.05) is 36.7 Å². The largest absolute Gasteiger partial charge is 0.448 e. The highest BCUT2D eigenvalue weighted by molar-refractivity contribution is 7.89. The Morgan fingerprint density at radius 3 is 2.14 bits per heavy atom. The molecule has 2 heterocycles. The van der Waals surface area contributed by atoms with E-state index in [0.29, 0.717) is 16.1 Å². The summed E-state index contributed by atoms with van der Waals surface area (Å²) in [6.45, 7) is 10.2. The van der Waals surface area contributed by atoms with E-state index in [-0.39, 0.29) is 29.7 Å². The van der Waals surface area contributed by atoms with E-state index in [1.165, 1.54) is 23.9 Å². The summed E-state index contributed by atoms with van der Waals surface area (Å²) in [5.41, 5.74) is -1.87. The Hall–Kier alpha value is -4.20. The van der Waals surface area contributed by atoms with Crippen molar-refractivity contribution in [3.8, 4) is 11.1 Å². The van der Waals surface area contributed by atoms with Crippen molar-refractivity contribution >= 4 is 50.4 Å². The number of fused-ring (bicyclic) bond motifs is 1. The third kappa shape index (κ3) is 8.34. The molecule has 0 saturated carbocycles. The molecule has 0 fully saturated rings. The molecule has 262 valence electrons. The number of hydrogen-bond acceptors (Lipinski definition) is 8. The van der Waals surface area contributed by atoms with E-state index in [1.807, 2.05) is 0 Å². The molecule has 1 atom stereocenters. The molecule has 0 spiro atoms.